The molecule has 3 amide bonds. The molecule has 1 aliphatic heterocycles. The molecular weight excluding hydrogens is 462 g/mol. The maximum atomic E-state index is 13.7. The number of benzene rings is 1. The van der Waals surface area contributed by atoms with E-state index in [0.29, 0.717) is 18.4 Å². The van der Waals surface area contributed by atoms with Crippen LogP contribution in [0, 0.1) is 11.7 Å². The van der Waals surface area contributed by atoms with E-state index in [0.717, 1.165) is 6.42 Å². The maximum absolute atomic E-state index is 13.7. The van der Waals surface area contributed by atoms with Gasteiger partial charge in [-0.2, -0.15) is 0 Å². The fourth-order valence-electron chi connectivity index (χ4n) is 3.47. The zero-order valence-electron chi connectivity index (χ0n) is 20.0. The van der Waals surface area contributed by atoms with Crippen molar-refractivity contribution in [2.75, 3.05) is 19.7 Å². The van der Waals surface area contributed by atoms with Crippen LogP contribution in [0.1, 0.15) is 50.5 Å². The zero-order valence-corrected chi connectivity index (χ0v) is 20.0. The van der Waals surface area contributed by atoms with Crippen molar-refractivity contribution in [2.45, 2.75) is 51.7 Å². The van der Waals surface area contributed by atoms with Crippen LogP contribution in [0.5, 0.6) is 0 Å². The average Bonchev–Trinajstić information content (AvgIpc) is 3.23. The maximum Gasteiger partial charge on any atom is 0.268 e. The molecular formula is C24H32F2N4O5. The van der Waals surface area contributed by atoms with Crippen molar-refractivity contribution in [3.63, 3.8) is 0 Å². The first-order chi connectivity index (χ1) is 16.4. The summed E-state index contributed by atoms with van der Waals surface area (Å²) in [5, 5.41) is 17.3. The Kier molecular flexibility index (Phi) is 9.88. The van der Waals surface area contributed by atoms with Gasteiger partial charge in [-0.25, -0.2) is 8.78 Å². The number of amides is 3. The highest BCUT2D eigenvalue weighted by atomic mass is 19.1. The molecule has 35 heavy (non-hydrogen) atoms. The van der Waals surface area contributed by atoms with Crippen LogP contribution in [0.3, 0.4) is 0 Å². The van der Waals surface area contributed by atoms with E-state index < -0.39 is 54.2 Å². The molecule has 5 N–H and O–H groups in total. The van der Waals surface area contributed by atoms with Crippen LogP contribution < -0.4 is 16.0 Å². The number of aliphatic hydroxyl groups excluding tert-OH is 1. The number of alkyl halides is 1. The Labute approximate surface area is 202 Å². The second-order valence-electron chi connectivity index (χ2n) is 9.25. The molecule has 1 unspecified atom stereocenters. The van der Waals surface area contributed by atoms with E-state index in [2.05, 4.69) is 20.9 Å². The summed E-state index contributed by atoms with van der Waals surface area (Å²) in [5.74, 6) is -2.99. The number of nitrogens with one attached hydrogen (secondary N) is 4. The van der Waals surface area contributed by atoms with E-state index in [-0.39, 0.29) is 23.5 Å². The highest BCUT2D eigenvalue weighted by Gasteiger charge is 2.29. The second-order valence-corrected chi connectivity index (χ2v) is 9.25. The minimum atomic E-state index is -1.03. The van der Waals surface area contributed by atoms with Gasteiger partial charge in [-0.3, -0.25) is 19.2 Å². The van der Waals surface area contributed by atoms with Gasteiger partial charge in [-0.05, 0) is 52.2 Å². The molecule has 0 saturated carbocycles. The molecule has 9 nitrogen and oxygen atoms in total. The number of carbonyl (C=O) groups excluding carboxylic acids is 4. The number of ketones is 1. The fraction of sp³-hybridized carbons (Fsp3) is 0.500. The lowest BCUT2D eigenvalue weighted by Crippen LogP contribution is -2.49. The normalized spacial score (nSPS) is 16.5. The van der Waals surface area contributed by atoms with Gasteiger partial charge < -0.3 is 26.0 Å². The van der Waals surface area contributed by atoms with Crippen LogP contribution in [-0.2, 0) is 14.4 Å². The number of aromatic amines is 1. The van der Waals surface area contributed by atoms with Crippen LogP contribution in [-0.4, -0.2) is 65.0 Å². The van der Waals surface area contributed by atoms with Gasteiger partial charge in [0.05, 0.1) is 18.1 Å². The van der Waals surface area contributed by atoms with Crippen LogP contribution in [0.15, 0.2) is 24.3 Å². The third-order valence-corrected chi connectivity index (χ3v) is 5.06. The van der Waals surface area contributed by atoms with Crippen LogP contribution in [0.4, 0.5) is 8.78 Å². The van der Waals surface area contributed by atoms with Crippen molar-refractivity contribution in [3.05, 3.63) is 35.8 Å². The van der Waals surface area contributed by atoms with E-state index in [9.17, 15) is 28.0 Å². The number of carbonyl (C=O) groups is 4. The van der Waals surface area contributed by atoms with Gasteiger partial charge in [0.1, 0.15) is 23.8 Å². The Hall–Kier alpha value is -3.34. The Bertz CT molecular complexity index is 1060. The molecule has 0 aliphatic carbocycles. The first-order valence-electron chi connectivity index (χ1n) is 11.3. The summed E-state index contributed by atoms with van der Waals surface area (Å²) in [6, 6.07) is 4.86. The summed E-state index contributed by atoms with van der Waals surface area (Å²) in [6.07, 6.45) is 1.43. The van der Waals surface area contributed by atoms with Gasteiger partial charge in [0.25, 0.3) is 5.91 Å². The number of hydrogen-bond donors (Lipinski definition) is 5. The monoisotopic (exact) mass is 494 g/mol. The summed E-state index contributed by atoms with van der Waals surface area (Å²) in [5.41, 5.74) is -0.726. The summed E-state index contributed by atoms with van der Waals surface area (Å²) >= 11 is 0. The topological polar surface area (TPSA) is 140 Å². The zero-order chi connectivity index (χ0) is 26.2. The minimum Gasteiger partial charge on any atom is -0.389 e. The fourth-order valence-corrected chi connectivity index (χ4v) is 3.47. The number of fused-ring (bicyclic) bond motifs is 1. The lowest BCUT2D eigenvalue weighted by atomic mass is 9.90. The third-order valence-electron chi connectivity index (χ3n) is 5.06. The Morgan fingerprint density at radius 1 is 1.26 bits per heavy atom. The SMILES string of the molecule is CC(C)(C)F.O=C(CNC(=O)c1cc2cccc(F)c2[nH]1)NC(C[C@@H]1CCCNC1=O)C(=O)CO. The Morgan fingerprint density at radius 3 is 2.54 bits per heavy atom. The molecule has 192 valence electrons. The smallest absolute Gasteiger partial charge is 0.268 e. The number of halogens is 2. The van der Waals surface area contributed by atoms with Gasteiger partial charge in [0.15, 0.2) is 5.78 Å². The number of hydrogen-bond acceptors (Lipinski definition) is 5. The van der Waals surface area contributed by atoms with Gasteiger partial charge in [0, 0.05) is 17.8 Å². The van der Waals surface area contributed by atoms with Crippen molar-refractivity contribution in [1.29, 1.82) is 0 Å². The summed E-state index contributed by atoms with van der Waals surface area (Å²) in [7, 11) is 0. The molecule has 2 heterocycles. The number of aliphatic hydroxyl groups is 1. The molecule has 1 aromatic heterocycles. The van der Waals surface area contributed by atoms with E-state index in [1.54, 1.807) is 6.07 Å². The van der Waals surface area contributed by atoms with E-state index in [4.69, 9.17) is 5.11 Å². The molecule has 1 aromatic carbocycles. The largest absolute Gasteiger partial charge is 0.389 e. The predicted octanol–water partition coefficient (Wildman–Crippen LogP) is 1.75. The van der Waals surface area contributed by atoms with Crippen molar-refractivity contribution in [1.82, 2.24) is 20.9 Å². The first-order valence-corrected chi connectivity index (χ1v) is 11.3. The van der Waals surface area contributed by atoms with E-state index in [1.807, 2.05) is 0 Å². The molecule has 0 radical (unpaired) electrons. The molecule has 0 spiro atoms. The van der Waals surface area contributed by atoms with Gasteiger partial charge in [0.2, 0.25) is 11.8 Å². The van der Waals surface area contributed by atoms with E-state index >= 15 is 0 Å². The highest BCUT2D eigenvalue weighted by Crippen LogP contribution is 2.19. The molecule has 0 bridgehead atoms. The molecule has 2 atom stereocenters. The van der Waals surface area contributed by atoms with Crippen molar-refractivity contribution in [3.8, 4) is 0 Å². The summed E-state index contributed by atoms with van der Waals surface area (Å²) in [4.78, 5) is 51.1. The average molecular weight is 495 g/mol. The lowest BCUT2D eigenvalue weighted by molar-refractivity contribution is -0.131. The summed E-state index contributed by atoms with van der Waals surface area (Å²) < 4.78 is 25.4. The van der Waals surface area contributed by atoms with Gasteiger partial charge in [-0.15, -0.1) is 0 Å². The molecule has 1 fully saturated rings. The predicted molar refractivity (Wildman–Crippen MR) is 126 cm³/mol. The quantitative estimate of drug-likeness (QED) is 0.380. The number of aromatic nitrogens is 1. The second kappa shape index (κ2) is 12.4. The number of Topliss-reactive ketones (excluding diaryl/α,β-unsaturated/α-hetero) is 1. The molecule has 1 aliphatic rings. The van der Waals surface area contributed by atoms with Crippen LogP contribution in [0.25, 0.3) is 10.9 Å². The first kappa shape index (κ1) is 27.9. The molecule has 11 heteroatoms. The number of para-hydroxylation sites is 1. The Balaban J connectivity index is 0.000000784. The molecule has 3 rings (SSSR count). The van der Waals surface area contributed by atoms with Gasteiger partial charge in [-0.1, -0.05) is 12.1 Å². The number of rotatable bonds is 8. The van der Waals surface area contributed by atoms with Crippen molar-refractivity contribution < 1.29 is 33.1 Å². The van der Waals surface area contributed by atoms with Crippen molar-refractivity contribution >= 4 is 34.4 Å². The van der Waals surface area contributed by atoms with Crippen molar-refractivity contribution in [2.24, 2.45) is 5.92 Å². The lowest BCUT2D eigenvalue weighted by Gasteiger charge is -2.26. The highest BCUT2D eigenvalue weighted by molar-refractivity contribution is 6.00. The number of H-pyrrole nitrogens is 1. The van der Waals surface area contributed by atoms with Crippen LogP contribution in [0.2, 0.25) is 0 Å². The standard InChI is InChI=1S/C20H23FN4O5.C4H9F/c21-13-5-1-3-11-7-15(25-18(11)13)20(30)23-9-17(28)24-14(16(27)10-26)8-12-4-2-6-22-19(12)29;1-4(2,3)5/h1,3,5,7,12,14,25-26H,2,4,6,8-10H2,(H,22,29)(H,23,30)(H,24,28);1-3H3/t12-,14?;/m0./s1. The Morgan fingerprint density at radius 2 is 1.94 bits per heavy atom. The molecule has 2 aromatic rings. The summed E-state index contributed by atoms with van der Waals surface area (Å²) in [6.45, 7) is 3.94. The third kappa shape index (κ3) is 9.08. The molecule has 1 saturated heterocycles. The van der Waals surface area contributed by atoms with Crippen LogP contribution >= 0.6 is 0 Å². The van der Waals surface area contributed by atoms with E-state index in [1.165, 1.54) is 39.0 Å². The number of piperidine rings is 1. The minimum absolute atomic E-state index is 0.0756. The van der Waals surface area contributed by atoms with Gasteiger partial charge >= 0.3 is 0 Å².